The zero-order chi connectivity index (χ0) is 21.0. The first-order valence-electron chi connectivity index (χ1n) is 8.42. The van der Waals surface area contributed by atoms with Gasteiger partial charge >= 0.3 is 0 Å². The molecule has 0 radical (unpaired) electrons. The fourth-order valence-corrected chi connectivity index (χ4v) is 3.62. The molecule has 4 N–H and O–H groups in total. The number of carbonyl (C=O) groups is 1. The number of ketones is 1. The predicted molar refractivity (Wildman–Crippen MR) is 108 cm³/mol. The molecule has 0 aromatic heterocycles. The summed E-state index contributed by atoms with van der Waals surface area (Å²) < 4.78 is 27.4. The van der Waals surface area contributed by atoms with Gasteiger partial charge in [-0.2, -0.15) is 0 Å². The van der Waals surface area contributed by atoms with Crippen LogP contribution in [0.4, 0.5) is 5.69 Å². The predicted octanol–water partition coefficient (Wildman–Crippen LogP) is 3.50. The number of phenols is 3. The Hall–Kier alpha value is -3.78. The number of rotatable bonds is 6. The average Bonchev–Trinajstić information content (AvgIpc) is 2.71. The Balaban J connectivity index is 1.96. The second-order valence-electron chi connectivity index (χ2n) is 6.06. The van der Waals surface area contributed by atoms with Gasteiger partial charge in [-0.25, -0.2) is 8.42 Å². The summed E-state index contributed by atoms with van der Waals surface area (Å²) in [7, 11) is -4.13. The number of aromatic hydroxyl groups is 3. The molecule has 0 spiro atoms. The molecular formula is C21H17NO6S. The highest BCUT2D eigenvalue weighted by atomic mass is 32.2. The third-order valence-corrected chi connectivity index (χ3v) is 5.41. The van der Waals surface area contributed by atoms with E-state index in [1.807, 2.05) is 0 Å². The molecule has 3 aromatic rings. The molecule has 3 rings (SSSR count). The van der Waals surface area contributed by atoms with E-state index >= 15 is 0 Å². The monoisotopic (exact) mass is 411 g/mol. The Labute approximate surface area is 167 Å². The molecule has 0 unspecified atom stereocenters. The number of sulfonamides is 1. The molecule has 0 fully saturated rings. The largest absolute Gasteiger partial charge is 0.508 e. The van der Waals surface area contributed by atoms with Crippen molar-refractivity contribution in [1.82, 2.24) is 0 Å². The third-order valence-electron chi connectivity index (χ3n) is 4.04. The first-order valence-corrected chi connectivity index (χ1v) is 9.90. The number of benzene rings is 3. The highest BCUT2D eigenvalue weighted by molar-refractivity contribution is 7.92. The van der Waals surface area contributed by atoms with Crippen molar-refractivity contribution in [3.05, 3.63) is 83.9 Å². The highest BCUT2D eigenvalue weighted by Crippen LogP contribution is 2.38. The van der Waals surface area contributed by atoms with E-state index in [0.29, 0.717) is 5.56 Å². The van der Waals surface area contributed by atoms with Crippen molar-refractivity contribution in [1.29, 1.82) is 0 Å². The molecule has 0 aliphatic carbocycles. The number of nitrogens with one attached hydrogen (secondary N) is 1. The van der Waals surface area contributed by atoms with E-state index in [1.54, 1.807) is 30.3 Å². The van der Waals surface area contributed by atoms with Crippen LogP contribution in [0.5, 0.6) is 17.2 Å². The van der Waals surface area contributed by atoms with Crippen molar-refractivity contribution in [2.24, 2.45) is 0 Å². The maximum atomic E-state index is 12.6. The summed E-state index contributed by atoms with van der Waals surface area (Å²) in [5, 5.41) is 29.3. The lowest BCUT2D eigenvalue weighted by molar-refractivity contribution is 0.104. The first kappa shape index (κ1) is 20.0. The lowest BCUT2D eigenvalue weighted by Crippen LogP contribution is -2.13. The Bertz CT molecular complexity index is 1170. The van der Waals surface area contributed by atoms with Gasteiger partial charge in [-0.1, -0.05) is 30.3 Å². The van der Waals surface area contributed by atoms with Crippen molar-refractivity contribution in [2.45, 2.75) is 4.90 Å². The van der Waals surface area contributed by atoms with Gasteiger partial charge in [0, 0.05) is 11.1 Å². The molecule has 0 saturated heterocycles. The molecule has 0 atom stereocenters. The van der Waals surface area contributed by atoms with E-state index in [1.165, 1.54) is 48.6 Å². The van der Waals surface area contributed by atoms with E-state index < -0.39 is 21.5 Å². The number of anilines is 1. The minimum absolute atomic E-state index is 0.104. The van der Waals surface area contributed by atoms with Gasteiger partial charge in [0.25, 0.3) is 10.0 Å². The van der Waals surface area contributed by atoms with Gasteiger partial charge in [-0.15, -0.1) is 0 Å². The summed E-state index contributed by atoms with van der Waals surface area (Å²) in [5.41, 5.74) is 0.333. The summed E-state index contributed by atoms with van der Waals surface area (Å²) in [6.45, 7) is 0. The van der Waals surface area contributed by atoms with Crippen LogP contribution in [0.2, 0.25) is 0 Å². The second kappa shape index (κ2) is 8.07. The highest BCUT2D eigenvalue weighted by Gasteiger charge is 2.20. The zero-order valence-electron chi connectivity index (χ0n) is 15.0. The van der Waals surface area contributed by atoms with Crippen LogP contribution in [0.15, 0.2) is 77.7 Å². The molecule has 0 bridgehead atoms. The maximum Gasteiger partial charge on any atom is 0.262 e. The van der Waals surface area contributed by atoms with Crippen molar-refractivity contribution >= 4 is 27.6 Å². The molecule has 7 nitrogen and oxygen atoms in total. The zero-order valence-corrected chi connectivity index (χ0v) is 15.8. The molecule has 0 aliphatic heterocycles. The Morgan fingerprint density at radius 1 is 0.862 bits per heavy atom. The standard InChI is InChI=1S/C21H17NO6S/c23-16-8-10-17(11-9-16)29(27,28)22-20-15(7-13-19(25)21(20)26)6-12-18(24)14-4-2-1-3-5-14/h1-13,22-23,25-26H/b12-6+. The van der Waals surface area contributed by atoms with Crippen LogP contribution in [-0.4, -0.2) is 29.5 Å². The summed E-state index contributed by atoms with van der Waals surface area (Å²) in [6.07, 6.45) is 2.57. The van der Waals surface area contributed by atoms with Crippen LogP contribution >= 0.6 is 0 Å². The number of hydrogen-bond donors (Lipinski definition) is 4. The Morgan fingerprint density at radius 2 is 1.52 bits per heavy atom. The van der Waals surface area contributed by atoms with Crippen LogP contribution < -0.4 is 4.72 Å². The summed E-state index contributed by atoms with van der Waals surface area (Å²) >= 11 is 0. The van der Waals surface area contributed by atoms with Gasteiger partial charge in [0.15, 0.2) is 17.3 Å². The van der Waals surface area contributed by atoms with Crippen molar-refractivity contribution < 1.29 is 28.5 Å². The fraction of sp³-hybridized carbons (Fsp3) is 0. The molecule has 0 heterocycles. The van der Waals surface area contributed by atoms with Crippen LogP contribution in [0.1, 0.15) is 15.9 Å². The van der Waals surface area contributed by atoms with E-state index in [4.69, 9.17) is 0 Å². The molecule has 8 heteroatoms. The molecule has 0 aliphatic rings. The smallest absolute Gasteiger partial charge is 0.262 e. The van der Waals surface area contributed by atoms with Gasteiger partial charge in [0.2, 0.25) is 0 Å². The van der Waals surface area contributed by atoms with Gasteiger partial charge in [0.05, 0.1) is 4.90 Å². The van der Waals surface area contributed by atoms with Crippen LogP contribution in [0.3, 0.4) is 0 Å². The second-order valence-corrected chi connectivity index (χ2v) is 7.74. The van der Waals surface area contributed by atoms with Crippen LogP contribution in [0.25, 0.3) is 6.08 Å². The van der Waals surface area contributed by atoms with E-state index in [2.05, 4.69) is 4.72 Å². The van der Waals surface area contributed by atoms with Crippen molar-refractivity contribution in [3.8, 4) is 17.2 Å². The summed E-state index contributed by atoms with van der Waals surface area (Å²) in [5.74, 6) is -1.63. The fourth-order valence-electron chi connectivity index (χ4n) is 2.52. The third kappa shape index (κ3) is 4.56. The normalized spacial score (nSPS) is 11.4. The number of phenolic OH excluding ortho intramolecular Hbond substituents is 3. The van der Waals surface area contributed by atoms with Gasteiger partial charge in [-0.05, 0) is 48.6 Å². The first-order chi connectivity index (χ1) is 13.8. The van der Waals surface area contributed by atoms with Crippen LogP contribution in [-0.2, 0) is 10.0 Å². The Kier molecular flexibility index (Phi) is 5.56. The minimum Gasteiger partial charge on any atom is -0.508 e. The topological polar surface area (TPSA) is 124 Å². The van der Waals surface area contributed by atoms with Gasteiger partial charge in [-0.3, -0.25) is 9.52 Å². The van der Waals surface area contributed by atoms with Crippen LogP contribution in [0, 0.1) is 0 Å². The van der Waals surface area contributed by atoms with Crippen molar-refractivity contribution in [3.63, 3.8) is 0 Å². The van der Waals surface area contributed by atoms with Gasteiger partial charge < -0.3 is 15.3 Å². The molecular weight excluding hydrogens is 394 g/mol. The van der Waals surface area contributed by atoms with Gasteiger partial charge in [0.1, 0.15) is 11.4 Å². The summed E-state index contributed by atoms with van der Waals surface area (Å²) in [4.78, 5) is 12.1. The molecule has 0 amide bonds. The van der Waals surface area contributed by atoms with E-state index in [-0.39, 0.29) is 27.7 Å². The lowest BCUT2D eigenvalue weighted by atomic mass is 10.1. The SMILES string of the molecule is O=C(/C=C/c1ccc(O)c(O)c1NS(=O)(=O)c1ccc(O)cc1)c1ccccc1. The molecule has 29 heavy (non-hydrogen) atoms. The average molecular weight is 411 g/mol. The number of allylic oxidation sites excluding steroid dienone is 1. The number of hydrogen-bond acceptors (Lipinski definition) is 6. The molecule has 0 saturated carbocycles. The molecule has 3 aromatic carbocycles. The van der Waals surface area contributed by atoms with E-state index in [9.17, 15) is 28.5 Å². The minimum atomic E-state index is -4.13. The van der Waals surface area contributed by atoms with Crippen molar-refractivity contribution in [2.75, 3.05) is 4.72 Å². The maximum absolute atomic E-state index is 12.6. The quantitative estimate of drug-likeness (QED) is 0.280. The summed E-state index contributed by atoms with van der Waals surface area (Å²) in [6, 6.07) is 15.8. The van der Waals surface area contributed by atoms with E-state index in [0.717, 1.165) is 0 Å². The Morgan fingerprint density at radius 3 is 2.17 bits per heavy atom. The lowest BCUT2D eigenvalue weighted by Gasteiger charge is -2.13. The number of carbonyl (C=O) groups excluding carboxylic acids is 1. The molecule has 148 valence electrons.